The molecule has 0 amide bonds. The summed E-state index contributed by atoms with van der Waals surface area (Å²) < 4.78 is 33.8. The maximum Gasteiger partial charge on any atom is 0.352 e. The van der Waals surface area contributed by atoms with E-state index in [-0.39, 0.29) is 10.7 Å². The molecule has 0 radical (unpaired) electrons. The van der Waals surface area contributed by atoms with Crippen LogP contribution in [0.3, 0.4) is 0 Å². The van der Waals surface area contributed by atoms with Gasteiger partial charge in [0.2, 0.25) is 0 Å². The molecule has 3 aromatic rings. The topological polar surface area (TPSA) is 119 Å². The first-order valence-electron chi connectivity index (χ1n) is 7.06. The summed E-state index contributed by atoms with van der Waals surface area (Å²) in [6, 6.07) is 7.54. The quantitative estimate of drug-likeness (QED) is 0.715. The van der Waals surface area contributed by atoms with Gasteiger partial charge in [0.1, 0.15) is 22.9 Å². The number of fused-ring (bicyclic) bond motifs is 1. The summed E-state index contributed by atoms with van der Waals surface area (Å²) in [6.45, 7) is 0. The number of pyridine rings is 1. The Morgan fingerprint density at radius 2 is 1.96 bits per heavy atom. The number of sulfone groups is 1. The minimum absolute atomic E-state index is 0.0321. The monoisotopic (exact) mass is 362 g/mol. The second kappa shape index (κ2) is 6.10. The molecule has 0 bridgehead atoms. The Labute approximate surface area is 143 Å². The van der Waals surface area contributed by atoms with Crippen molar-refractivity contribution in [3.8, 4) is 17.2 Å². The fourth-order valence-corrected chi connectivity index (χ4v) is 2.86. The fourth-order valence-electron chi connectivity index (χ4n) is 2.30. The van der Waals surface area contributed by atoms with E-state index in [1.807, 2.05) is 0 Å². The summed E-state index contributed by atoms with van der Waals surface area (Å²) in [5.41, 5.74) is 0.572. The van der Waals surface area contributed by atoms with E-state index in [0.717, 1.165) is 6.26 Å². The number of ether oxygens (including phenoxy) is 2. The van der Waals surface area contributed by atoms with Gasteiger partial charge in [-0.3, -0.25) is 0 Å². The Bertz CT molecular complexity index is 1050. The van der Waals surface area contributed by atoms with Crippen molar-refractivity contribution in [1.29, 1.82) is 0 Å². The van der Waals surface area contributed by atoms with Crippen molar-refractivity contribution in [2.45, 2.75) is 5.03 Å². The van der Waals surface area contributed by atoms with Crippen molar-refractivity contribution >= 4 is 26.7 Å². The zero-order valence-corrected chi connectivity index (χ0v) is 14.1. The summed E-state index contributed by atoms with van der Waals surface area (Å²) in [6.07, 6.45) is 2.37. The highest BCUT2D eigenvalue weighted by molar-refractivity contribution is 7.90. The molecule has 2 N–H and O–H groups in total. The molecule has 0 aliphatic heterocycles. The first kappa shape index (κ1) is 16.8. The van der Waals surface area contributed by atoms with E-state index in [1.54, 1.807) is 12.1 Å². The molecule has 0 fully saturated rings. The highest BCUT2D eigenvalue weighted by Gasteiger charge is 2.14. The maximum atomic E-state index is 11.4. The minimum Gasteiger partial charge on any atom is -0.494 e. The lowest BCUT2D eigenvalue weighted by molar-refractivity contribution is 0.0691. The van der Waals surface area contributed by atoms with Crippen LogP contribution in [0.25, 0.3) is 10.9 Å². The van der Waals surface area contributed by atoms with Crippen molar-refractivity contribution < 1.29 is 27.8 Å². The summed E-state index contributed by atoms with van der Waals surface area (Å²) in [4.78, 5) is 17.7. The number of methoxy groups -OCH3 is 1. The predicted molar refractivity (Wildman–Crippen MR) is 89.2 cm³/mol. The van der Waals surface area contributed by atoms with Gasteiger partial charge in [0.15, 0.2) is 14.9 Å². The summed E-state index contributed by atoms with van der Waals surface area (Å²) in [5.74, 6) is 0.0685. The summed E-state index contributed by atoms with van der Waals surface area (Å²) >= 11 is 0. The lowest BCUT2D eigenvalue weighted by atomic mass is 10.2. The molecule has 9 heteroatoms. The lowest BCUT2D eigenvalue weighted by Gasteiger charge is -2.09. The summed E-state index contributed by atoms with van der Waals surface area (Å²) in [5, 5.41) is 9.64. The molecule has 3 rings (SSSR count). The second-order valence-electron chi connectivity index (χ2n) is 5.28. The number of hydrogen-bond acceptors (Lipinski definition) is 6. The molecule has 0 atom stereocenters. The third-order valence-corrected chi connectivity index (χ3v) is 4.44. The average molecular weight is 362 g/mol. The molecule has 1 aromatic carbocycles. The van der Waals surface area contributed by atoms with Crippen molar-refractivity contribution in [3.63, 3.8) is 0 Å². The van der Waals surface area contributed by atoms with E-state index in [9.17, 15) is 13.2 Å². The van der Waals surface area contributed by atoms with Crippen LogP contribution in [0.5, 0.6) is 17.2 Å². The highest BCUT2D eigenvalue weighted by Crippen LogP contribution is 2.33. The lowest BCUT2D eigenvalue weighted by Crippen LogP contribution is -1.99. The summed E-state index contributed by atoms with van der Waals surface area (Å²) in [7, 11) is -1.92. The molecular weight excluding hydrogens is 348 g/mol. The van der Waals surface area contributed by atoms with Crippen molar-refractivity contribution in [2.24, 2.45) is 0 Å². The number of aromatic carboxylic acids is 1. The number of aromatic nitrogens is 2. The molecule has 0 unspecified atom stereocenters. The number of H-pyrrole nitrogens is 1. The molecule has 0 aliphatic carbocycles. The molecule has 0 aliphatic rings. The number of benzene rings is 1. The zero-order chi connectivity index (χ0) is 18.2. The second-order valence-corrected chi connectivity index (χ2v) is 7.25. The predicted octanol–water partition coefficient (Wildman–Crippen LogP) is 2.47. The van der Waals surface area contributed by atoms with E-state index < -0.39 is 15.8 Å². The molecule has 0 saturated heterocycles. The number of carboxylic acid groups (broad SMARTS) is 1. The maximum absolute atomic E-state index is 11.4. The Hall–Kier alpha value is -3.07. The van der Waals surface area contributed by atoms with Gasteiger partial charge in [-0.1, -0.05) is 0 Å². The van der Waals surface area contributed by atoms with Crippen molar-refractivity contribution in [2.75, 3.05) is 13.4 Å². The number of carbonyl (C=O) groups is 1. The normalized spacial score (nSPS) is 11.4. The standard InChI is InChI=1S/C16H14N2O6S/c1-23-13-7-11(5-9-6-12(16(19)20)18-15(9)13)24-10-3-4-14(17-8-10)25(2,21)22/h3-8,18H,1-2H3,(H,19,20). The van der Waals surface area contributed by atoms with E-state index in [4.69, 9.17) is 14.6 Å². The van der Waals surface area contributed by atoms with Gasteiger partial charge < -0.3 is 19.6 Å². The smallest absolute Gasteiger partial charge is 0.352 e. The van der Waals surface area contributed by atoms with E-state index in [0.29, 0.717) is 28.2 Å². The van der Waals surface area contributed by atoms with Crippen LogP contribution in [0.4, 0.5) is 0 Å². The number of rotatable bonds is 5. The first-order valence-corrected chi connectivity index (χ1v) is 8.95. The first-order chi connectivity index (χ1) is 11.8. The number of nitrogens with one attached hydrogen (secondary N) is 1. The third-order valence-electron chi connectivity index (χ3n) is 3.44. The Morgan fingerprint density at radius 1 is 1.20 bits per heavy atom. The molecule has 2 heterocycles. The van der Waals surface area contributed by atoms with Gasteiger partial charge in [-0.2, -0.15) is 0 Å². The third kappa shape index (κ3) is 3.41. The molecule has 130 valence electrons. The van der Waals surface area contributed by atoms with E-state index in [1.165, 1.54) is 31.5 Å². The molecule has 2 aromatic heterocycles. The van der Waals surface area contributed by atoms with Gasteiger partial charge in [-0.15, -0.1) is 0 Å². The van der Waals surface area contributed by atoms with Gasteiger partial charge >= 0.3 is 5.97 Å². The van der Waals surface area contributed by atoms with Crippen molar-refractivity contribution in [1.82, 2.24) is 9.97 Å². The van der Waals surface area contributed by atoms with Crippen LogP contribution < -0.4 is 9.47 Å². The van der Waals surface area contributed by atoms with Gasteiger partial charge in [-0.05, 0) is 24.3 Å². The van der Waals surface area contributed by atoms with Gasteiger partial charge in [0.05, 0.1) is 18.8 Å². The molecule has 8 nitrogen and oxygen atoms in total. The Morgan fingerprint density at radius 3 is 2.52 bits per heavy atom. The minimum atomic E-state index is -3.38. The van der Waals surface area contributed by atoms with Crippen LogP contribution in [-0.2, 0) is 9.84 Å². The largest absolute Gasteiger partial charge is 0.494 e. The van der Waals surface area contributed by atoms with Crippen LogP contribution in [-0.4, -0.2) is 42.8 Å². The Balaban J connectivity index is 1.97. The average Bonchev–Trinajstić information content (AvgIpc) is 2.98. The molecule has 0 saturated carbocycles. The van der Waals surface area contributed by atoms with E-state index >= 15 is 0 Å². The van der Waals surface area contributed by atoms with Crippen LogP contribution in [0.1, 0.15) is 10.5 Å². The van der Waals surface area contributed by atoms with Crippen LogP contribution in [0.2, 0.25) is 0 Å². The van der Waals surface area contributed by atoms with Crippen molar-refractivity contribution in [3.05, 3.63) is 42.2 Å². The molecular formula is C16H14N2O6S. The Kier molecular flexibility index (Phi) is 4.09. The van der Waals surface area contributed by atoms with Crippen LogP contribution >= 0.6 is 0 Å². The zero-order valence-electron chi connectivity index (χ0n) is 13.3. The van der Waals surface area contributed by atoms with E-state index in [2.05, 4.69) is 9.97 Å². The van der Waals surface area contributed by atoms with Crippen LogP contribution in [0, 0.1) is 0 Å². The number of aromatic amines is 1. The molecule has 25 heavy (non-hydrogen) atoms. The number of carboxylic acids is 1. The van der Waals surface area contributed by atoms with Gasteiger partial charge in [-0.25, -0.2) is 18.2 Å². The SMILES string of the molecule is COc1cc(Oc2ccc(S(C)(=O)=O)nc2)cc2cc(C(=O)O)[nH]c12. The van der Waals surface area contributed by atoms with Crippen LogP contribution in [0.15, 0.2) is 41.6 Å². The molecule has 0 spiro atoms. The number of nitrogens with zero attached hydrogens (tertiary/aromatic N) is 1. The van der Waals surface area contributed by atoms with Gasteiger partial charge in [0.25, 0.3) is 0 Å². The highest BCUT2D eigenvalue weighted by atomic mass is 32.2. The number of hydrogen-bond donors (Lipinski definition) is 2. The van der Waals surface area contributed by atoms with Gasteiger partial charge in [0, 0.05) is 17.7 Å². The fraction of sp³-hybridized carbons (Fsp3) is 0.125.